The molecule has 0 aliphatic carbocycles. The molecule has 3 rings (SSSR count). The Balaban J connectivity index is 1.60. The zero-order valence-electron chi connectivity index (χ0n) is 14.8. The van der Waals surface area contributed by atoms with E-state index in [4.69, 9.17) is 4.42 Å². The molecule has 0 saturated heterocycles. The van der Waals surface area contributed by atoms with Crippen molar-refractivity contribution in [1.82, 2.24) is 15.2 Å². The van der Waals surface area contributed by atoms with E-state index in [0.29, 0.717) is 24.9 Å². The lowest BCUT2D eigenvalue weighted by Crippen LogP contribution is -2.38. The SMILES string of the molecule is CN=C(NCc1coc(-c2ccccc2)n1)N(C)Cc1cccc(F)c1. The third-order valence-electron chi connectivity index (χ3n) is 3.88. The maximum Gasteiger partial charge on any atom is 0.226 e. The molecule has 0 aliphatic heterocycles. The van der Waals surface area contributed by atoms with Gasteiger partial charge in [-0.15, -0.1) is 0 Å². The molecule has 2 aromatic carbocycles. The highest BCUT2D eigenvalue weighted by Gasteiger charge is 2.10. The van der Waals surface area contributed by atoms with Gasteiger partial charge in [-0.3, -0.25) is 4.99 Å². The fraction of sp³-hybridized carbons (Fsp3) is 0.200. The second-order valence-electron chi connectivity index (χ2n) is 5.90. The summed E-state index contributed by atoms with van der Waals surface area (Å²) in [5.74, 6) is 1.04. The molecule has 0 fully saturated rings. The Labute approximate surface area is 152 Å². The van der Waals surface area contributed by atoms with Gasteiger partial charge in [-0.1, -0.05) is 30.3 Å². The van der Waals surface area contributed by atoms with Crippen molar-refractivity contribution in [2.45, 2.75) is 13.1 Å². The zero-order chi connectivity index (χ0) is 18.4. The first-order valence-electron chi connectivity index (χ1n) is 8.32. The molecule has 0 atom stereocenters. The zero-order valence-corrected chi connectivity index (χ0v) is 14.8. The first-order chi connectivity index (χ1) is 12.7. The summed E-state index contributed by atoms with van der Waals surface area (Å²) >= 11 is 0. The van der Waals surface area contributed by atoms with Gasteiger partial charge in [0.05, 0.1) is 12.2 Å². The van der Waals surface area contributed by atoms with Crippen LogP contribution in [-0.2, 0) is 13.1 Å². The van der Waals surface area contributed by atoms with Crippen LogP contribution in [0, 0.1) is 5.82 Å². The van der Waals surface area contributed by atoms with Gasteiger partial charge in [-0.2, -0.15) is 0 Å². The van der Waals surface area contributed by atoms with Crippen molar-refractivity contribution >= 4 is 5.96 Å². The quantitative estimate of drug-likeness (QED) is 0.562. The van der Waals surface area contributed by atoms with Crippen molar-refractivity contribution in [1.29, 1.82) is 0 Å². The summed E-state index contributed by atoms with van der Waals surface area (Å²) in [6.07, 6.45) is 1.63. The normalized spacial score (nSPS) is 11.4. The average Bonchev–Trinajstić information content (AvgIpc) is 3.12. The van der Waals surface area contributed by atoms with Gasteiger partial charge in [-0.25, -0.2) is 9.37 Å². The molecule has 1 N–H and O–H groups in total. The van der Waals surface area contributed by atoms with Gasteiger partial charge in [-0.05, 0) is 29.8 Å². The molecule has 1 aromatic heterocycles. The van der Waals surface area contributed by atoms with Gasteiger partial charge < -0.3 is 14.6 Å². The summed E-state index contributed by atoms with van der Waals surface area (Å²) in [6, 6.07) is 16.3. The first kappa shape index (κ1) is 17.7. The number of hydrogen-bond acceptors (Lipinski definition) is 3. The number of hydrogen-bond donors (Lipinski definition) is 1. The fourth-order valence-electron chi connectivity index (χ4n) is 2.64. The maximum atomic E-state index is 13.3. The van der Waals surface area contributed by atoms with Crippen LogP contribution in [-0.4, -0.2) is 29.9 Å². The van der Waals surface area contributed by atoms with Crippen LogP contribution in [0.1, 0.15) is 11.3 Å². The number of aliphatic imine (C=N–C) groups is 1. The molecule has 3 aromatic rings. The minimum atomic E-state index is -0.241. The summed E-state index contributed by atoms with van der Waals surface area (Å²) in [6.45, 7) is 1.03. The summed E-state index contributed by atoms with van der Waals surface area (Å²) in [5.41, 5.74) is 2.60. The molecule has 0 aliphatic rings. The predicted molar refractivity (Wildman–Crippen MR) is 100 cm³/mol. The maximum absolute atomic E-state index is 13.3. The number of benzene rings is 2. The van der Waals surface area contributed by atoms with E-state index >= 15 is 0 Å². The standard InChI is InChI=1S/C20H21FN4O/c1-22-20(25(2)13-15-7-6-10-17(21)11-15)23-12-18-14-26-19(24-18)16-8-4-3-5-9-16/h3-11,14H,12-13H2,1-2H3,(H,22,23). The number of nitrogens with one attached hydrogen (secondary N) is 1. The van der Waals surface area contributed by atoms with E-state index in [-0.39, 0.29) is 5.82 Å². The van der Waals surface area contributed by atoms with Crippen LogP contribution in [0.15, 0.2) is 70.3 Å². The Morgan fingerprint density at radius 1 is 1.19 bits per heavy atom. The van der Waals surface area contributed by atoms with E-state index in [1.165, 1.54) is 12.1 Å². The van der Waals surface area contributed by atoms with E-state index in [2.05, 4.69) is 15.3 Å². The van der Waals surface area contributed by atoms with Crippen molar-refractivity contribution < 1.29 is 8.81 Å². The van der Waals surface area contributed by atoms with Crippen LogP contribution in [0.2, 0.25) is 0 Å². The lowest BCUT2D eigenvalue weighted by molar-refractivity contribution is 0.474. The minimum Gasteiger partial charge on any atom is -0.444 e. The third-order valence-corrected chi connectivity index (χ3v) is 3.88. The summed E-state index contributed by atoms with van der Waals surface area (Å²) < 4.78 is 18.9. The molecule has 0 unspecified atom stereocenters. The van der Waals surface area contributed by atoms with Crippen LogP contribution < -0.4 is 5.32 Å². The lowest BCUT2D eigenvalue weighted by atomic mass is 10.2. The number of halogens is 1. The largest absolute Gasteiger partial charge is 0.444 e. The summed E-state index contributed by atoms with van der Waals surface area (Å²) in [4.78, 5) is 10.7. The molecule has 0 radical (unpaired) electrons. The van der Waals surface area contributed by atoms with Crippen molar-refractivity contribution in [3.05, 3.63) is 77.9 Å². The van der Waals surface area contributed by atoms with Gasteiger partial charge >= 0.3 is 0 Å². The molecule has 26 heavy (non-hydrogen) atoms. The molecular weight excluding hydrogens is 331 g/mol. The highest BCUT2D eigenvalue weighted by Crippen LogP contribution is 2.17. The molecule has 0 bridgehead atoms. The topological polar surface area (TPSA) is 53.7 Å². The third kappa shape index (κ3) is 4.47. The number of oxazole rings is 1. The molecule has 0 amide bonds. The van der Waals surface area contributed by atoms with E-state index in [9.17, 15) is 4.39 Å². The lowest BCUT2D eigenvalue weighted by Gasteiger charge is -2.21. The van der Waals surface area contributed by atoms with Crippen molar-refractivity contribution in [3.8, 4) is 11.5 Å². The number of guanidine groups is 1. The second-order valence-corrected chi connectivity index (χ2v) is 5.90. The van der Waals surface area contributed by atoms with Crippen LogP contribution in [0.5, 0.6) is 0 Å². The van der Waals surface area contributed by atoms with Crippen LogP contribution in [0.4, 0.5) is 4.39 Å². The van der Waals surface area contributed by atoms with Gasteiger partial charge in [0, 0.05) is 26.2 Å². The number of nitrogens with zero attached hydrogens (tertiary/aromatic N) is 3. The van der Waals surface area contributed by atoms with E-state index in [1.54, 1.807) is 19.4 Å². The van der Waals surface area contributed by atoms with Gasteiger partial charge in [0.2, 0.25) is 5.89 Å². The van der Waals surface area contributed by atoms with Crippen LogP contribution in [0.3, 0.4) is 0 Å². The fourth-order valence-corrected chi connectivity index (χ4v) is 2.64. The summed E-state index contributed by atoms with van der Waals surface area (Å²) in [5, 5.41) is 3.24. The first-order valence-corrected chi connectivity index (χ1v) is 8.32. The smallest absolute Gasteiger partial charge is 0.226 e. The van der Waals surface area contributed by atoms with Crippen LogP contribution in [0.25, 0.3) is 11.5 Å². The van der Waals surface area contributed by atoms with Gasteiger partial charge in [0.25, 0.3) is 0 Å². The Morgan fingerprint density at radius 2 is 2.00 bits per heavy atom. The number of rotatable bonds is 5. The van der Waals surface area contributed by atoms with E-state index < -0.39 is 0 Å². The molecule has 6 heteroatoms. The van der Waals surface area contributed by atoms with E-state index in [0.717, 1.165) is 16.8 Å². The Morgan fingerprint density at radius 3 is 2.73 bits per heavy atom. The average molecular weight is 352 g/mol. The molecule has 0 saturated carbocycles. The van der Waals surface area contributed by atoms with Crippen molar-refractivity contribution in [2.75, 3.05) is 14.1 Å². The van der Waals surface area contributed by atoms with E-state index in [1.807, 2.05) is 48.3 Å². The molecule has 0 spiro atoms. The molecular formula is C20H21FN4O. The number of aromatic nitrogens is 1. The minimum absolute atomic E-state index is 0.241. The summed E-state index contributed by atoms with van der Waals surface area (Å²) in [7, 11) is 3.61. The molecule has 1 heterocycles. The molecule has 134 valence electrons. The monoisotopic (exact) mass is 352 g/mol. The Bertz CT molecular complexity index is 876. The predicted octanol–water partition coefficient (Wildman–Crippen LogP) is 3.69. The Kier molecular flexibility index (Phi) is 5.63. The Hall–Kier alpha value is -3.15. The highest BCUT2D eigenvalue weighted by atomic mass is 19.1. The second kappa shape index (κ2) is 8.29. The highest BCUT2D eigenvalue weighted by molar-refractivity contribution is 5.79. The van der Waals surface area contributed by atoms with Gasteiger partial charge in [0.1, 0.15) is 12.1 Å². The molecule has 5 nitrogen and oxygen atoms in total. The van der Waals surface area contributed by atoms with Crippen molar-refractivity contribution in [2.24, 2.45) is 4.99 Å². The van der Waals surface area contributed by atoms with Gasteiger partial charge in [0.15, 0.2) is 5.96 Å². The van der Waals surface area contributed by atoms with Crippen molar-refractivity contribution in [3.63, 3.8) is 0 Å². The van der Waals surface area contributed by atoms with Crippen LogP contribution >= 0.6 is 0 Å².